The lowest BCUT2D eigenvalue weighted by molar-refractivity contribution is -0.0688. The number of rotatable bonds is 7. The lowest BCUT2D eigenvalue weighted by Crippen LogP contribution is -2.46. The molecule has 0 aliphatic carbocycles. The molecule has 0 amide bonds. The number of benzene rings is 1. The highest BCUT2D eigenvalue weighted by Gasteiger charge is 2.35. The summed E-state index contributed by atoms with van der Waals surface area (Å²) in [5.41, 5.74) is -0.230. The third-order valence-corrected chi connectivity index (χ3v) is 7.15. The van der Waals surface area contributed by atoms with Gasteiger partial charge in [-0.25, -0.2) is 9.37 Å². The number of likely N-dealkylation sites (tertiary alicyclic amines) is 1. The number of hydrogen-bond acceptors (Lipinski definition) is 6. The molecule has 2 aliphatic rings. The van der Waals surface area contributed by atoms with Crippen LogP contribution in [0.2, 0.25) is 0 Å². The summed E-state index contributed by atoms with van der Waals surface area (Å²) in [5.74, 6) is 0. The molecule has 0 spiro atoms. The molecule has 0 radical (unpaired) electrons. The summed E-state index contributed by atoms with van der Waals surface area (Å²) in [6.45, 7) is 5.85. The number of pyridine rings is 1. The summed E-state index contributed by atoms with van der Waals surface area (Å²) in [5, 5.41) is 7.79. The van der Waals surface area contributed by atoms with Crippen LogP contribution in [0.3, 0.4) is 0 Å². The van der Waals surface area contributed by atoms with Crippen molar-refractivity contribution in [2.45, 2.75) is 36.6 Å². The first-order chi connectivity index (χ1) is 16.2. The van der Waals surface area contributed by atoms with E-state index in [9.17, 15) is 17.6 Å². The number of halogens is 4. The number of piperidine rings is 1. The minimum absolute atomic E-state index is 0.211. The van der Waals surface area contributed by atoms with E-state index in [-0.39, 0.29) is 5.69 Å². The van der Waals surface area contributed by atoms with Gasteiger partial charge >= 0.3 is 6.18 Å². The zero-order valence-electron chi connectivity index (χ0n) is 19.0. The summed E-state index contributed by atoms with van der Waals surface area (Å²) in [6.07, 6.45) is -0.529. The number of nitrogens with zero attached hydrogens (tertiary/aromatic N) is 2. The van der Waals surface area contributed by atoms with Crippen LogP contribution in [0.15, 0.2) is 36.9 Å². The monoisotopic (exact) mass is 495 g/mol. The van der Waals surface area contributed by atoms with Crippen molar-refractivity contribution in [1.82, 2.24) is 19.9 Å². The highest BCUT2D eigenvalue weighted by atomic mass is 32.2. The highest BCUT2D eigenvalue weighted by molar-refractivity contribution is 7.98. The van der Waals surface area contributed by atoms with Crippen molar-refractivity contribution in [1.29, 1.82) is 0 Å². The first kappa shape index (κ1) is 25.0. The van der Waals surface area contributed by atoms with Crippen molar-refractivity contribution in [3.05, 3.63) is 48.3 Å². The van der Waals surface area contributed by atoms with Crippen molar-refractivity contribution in [3.8, 4) is 0 Å². The van der Waals surface area contributed by atoms with Gasteiger partial charge in [0.05, 0.1) is 28.4 Å². The molecule has 34 heavy (non-hydrogen) atoms. The Hall–Kier alpha value is -2.14. The Bertz CT molecular complexity index is 1050. The maximum absolute atomic E-state index is 14.7. The molecule has 2 aromatic rings. The van der Waals surface area contributed by atoms with E-state index >= 15 is 0 Å². The molecule has 3 heterocycles. The van der Waals surface area contributed by atoms with Crippen LogP contribution in [0.5, 0.6) is 0 Å². The Morgan fingerprint density at radius 2 is 2.15 bits per heavy atom. The van der Waals surface area contributed by atoms with Crippen LogP contribution < -0.4 is 15.4 Å². The molecule has 5 nitrogen and oxygen atoms in total. The standard InChI is InChI=1S/C24H29F4N5S/c1-15(24(26,27)28)23-17-6-3-7-20(32-21-9-12-33(2)14-19(21)25)18(17)13-16(31-23)5-4-10-29-22-8-11-30-34-22/h3-7,13,19,21-22,29-30,32H,1,8-12,14H2,2H3/b5-4+/t19-,21+,22?/m0/s1. The van der Waals surface area contributed by atoms with Gasteiger partial charge in [-0.1, -0.05) is 36.7 Å². The van der Waals surface area contributed by atoms with Gasteiger partial charge in [-0.3, -0.25) is 4.72 Å². The first-order valence-corrected chi connectivity index (χ1v) is 12.2. The average molecular weight is 496 g/mol. The molecule has 184 valence electrons. The quantitative estimate of drug-likeness (QED) is 0.378. The number of aromatic nitrogens is 1. The molecule has 0 bridgehead atoms. The lowest BCUT2D eigenvalue weighted by atomic mass is 9.99. The van der Waals surface area contributed by atoms with E-state index in [1.807, 2.05) is 18.0 Å². The predicted molar refractivity (Wildman–Crippen MR) is 132 cm³/mol. The van der Waals surface area contributed by atoms with Gasteiger partial charge in [-0.15, -0.1) is 0 Å². The van der Waals surface area contributed by atoms with Gasteiger partial charge in [0.15, 0.2) is 0 Å². The van der Waals surface area contributed by atoms with Crippen molar-refractivity contribution in [2.75, 3.05) is 38.5 Å². The molecular weight excluding hydrogens is 466 g/mol. The molecule has 1 unspecified atom stereocenters. The van der Waals surface area contributed by atoms with Crippen molar-refractivity contribution in [2.24, 2.45) is 0 Å². The van der Waals surface area contributed by atoms with Gasteiger partial charge in [0.1, 0.15) is 6.17 Å². The smallest absolute Gasteiger partial charge is 0.379 e. The van der Waals surface area contributed by atoms with E-state index in [4.69, 9.17) is 0 Å². The van der Waals surface area contributed by atoms with Crippen LogP contribution in [0.4, 0.5) is 23.2 Å². The molecular formula is C24H29F4N5S. The second-order valence-electron chi connectivity index (χ2n) is 8.69. The molecule has 2 fully saturated rings. The summed E-state index contributed by atoms with van der Waals surface area (Å²) in [4.78, 5) is 6.22. The zero-order valence-corrected chi connectivity index (χ0v) is 19.8. The van der Waals surface area contributed by atoms with E-state index in [0.717, 1.165) is 19.5 Å². The largest absolute Gasteiger partial charge is 0.417 e. The molecule has 4 rings (SSSR count). The van der Waals surface area contributed by atoms with Crippen LogP contribution in [0.1, 0.15) is 24.2 Å². The van der Waals surface area contributed by atoms with Crippen LogP contribution in [-0.4, -0.2) is 66.9 Å². The normalized spacial score (nSPS) is 24.2. The number of fused-ring (bicyclic) bond motifs is 1. The van der Waals surface area contributed by atoms with Crippen molar-refractivity contribution in [3.63, 3.8) is 0 Å². The molecule has 10 heteroatoms. The van der Waals surface area contributed by atoms with Gasteiger partial charge in [-0.2, -0.15) is 13.2 Å². The van der Waals surface area contributed by atoms with Gasteiger partial charge in [0.25, 0.3) is 0 Å². The minimum Gasteiger partial charge on any atom is -0.379 e. The lowest BCUT2D eigenvalue weighted by Gasteiger charge is -2.33. The van der Waals surface area contributed by atoms with Gasteiger partial charge in [0, 0.05) is 42.6 Å². The zero-order chi connectivity index (χ0) is 24.3. The first-order valence-electron chi connectivity index (χ1n) is 11.3. The fourth-order valence-corrected chi connectivity index (χ4v) is 5.07. The fourth-order valence-electron chi connectivity index (χ4n) is 4.22. The third-order valence-electron chi connectivity index (χ3n) is 6.09. The molecule has 2 saturated heterocycles. The number of alkyl halides is 4. The van der Waals surface area contributed by atoms with Crippen LogP contribution in [-0.2, 0) is 0 Å². The minimum atomic E-state index is -4.61. The van der Waals surface area contributed by atoms with Crippen molar-refractivity contribution < 1.29 is 17.6 Å². The number of allylic oxidation sites excluding steroid dienone is 1. The second kappa shape index (κ2) is 10.6. The Balaban J connectivity index is 1.66. The third kappa shape index (κ3) is 5.91. The average Bonchev–Trinajstić information content (AvgIpc) is 3.31. The Morgan fingerprint density at radius 1 is 1.32 bits per heavy atom. The van der Waals surface area contributed by atoms with Crippen LogP contribution in [0, 0.1) is 0 Å². The van der Waals surface area contributed by atoms with Crippen molar-refractivity contribution >= 4 is 40.1 Å². The second-order valence-corrected chi connectivity index (χ2v) is 9.78. The topological polar surface area (TPSA) is 52.2 Å². The molecule has 3 N–H and O–H groups in total. The van der Waals surface area contributed by atoms with Gasteiger partial charge in [-0.05, 0) is 38.1 Å². The molecule has 0 saturated carbocycles. The number of hydrogen-bond donors (Lipinski definition) is 3. The molecule has 2 aliphatic heterocycles. The number of anilines is 1. The SMILES string of the molecule is C=C(c1nc(/C=C/CNC2CCNS2)cc2c(N[C@@H]3CCN(C)C[C@@H]3F)cccc12)C(F)(F)F. The maximum Gasteiger partial charge on any atom is 0.417 e. The van der Waals surface area contributed by atoms with Gasteiger partial charge in [0.2, 0.25) is 0 Å². The summed E-state index contributed by atoms with van der Waals surface area (Å²) < 4.78 is 58.6. The summed E-state index contributed by atoms with van der Waals surface area (Å²) in [6, 6.07) is 6.36. The van der Waals surface area contributed by atoms with E-state index in [2.05, 4.69) is 26.9 Å². The molecule has 1 aromatic carbocycles. The van der Waals surface area contributed by atoms with E-state index < -0.39 is 24.0 Å². The number of nitrogens with one attached hydrogen (secondary N) is 3. The van der Waals surface area contributed by atoms with Crippen LogP contribution in [0.25, 0.3) is 22.4 Å². The highest BCUT2D eigenvalue weighted by Crippen LogP contribution is 2.37. The van der Waals surface area contributed by atoms with E-state index in [0.29, 0.717) is 47.0 Å². The summed E-state index contributed by atoms with van der Waals surface area (Å²) in [7, 11) is 1.87. The Kier molecular flexibility index (Phi) is 7.81. The summed E-state index contributed by atoms with van der Waals surface area (Å²) >= 11 is 1.63. The Morgan fingerprint density at radius 3 is 2.85 bits per heavy atom. The predicted octanol–water partition coefficient (Wildman–Crippen LogP) is 4.83. The maximum atomic E-state index is 14.7. The van der Waals surface area contributed by atoms with Crippen LogP contribution >= 0.6 is 11.9 Å². The Labute approximate surface area is 201 Å². The van der Waals surface area contributed by atoms with Gasteiger partial charge < -0.3 is 15.5 Å². The molecule has 3 atom stereocenters. The van der Waals surface area contributed by atoms with E-state index in [1.54, 1.807) is 42.3 Å². The van der Waals surface area contributed by atoms with E-state index in [1.165, 1.54) is 0 Å². The fraction of sp³-hybridized carbons (Fsp3) is 0.458. The molecule has 1 aromatic heterocycles.